The average molecular weight is 258 g/mol. The zero-order valence-corrected chi connectivity index (χ0v) is 9.84. The van der Waals surface area contributed by atoms with Crippen LogP contribution in [-0.2, 0) is 9.59 Å². The van der Waals surface area contributed by atoms with Crippen LogP contribution in [0.4, 0.5) is 0 Å². The molecule has 0 atom stereocenters. The number of carbonyl (C=O) groups excluding carboxylic acids is 3. The van der Waals surface area contributed by atoms with E-state index in [-0.39, 0.29) is 19.0 Å². The van der Waals surface area contributed by atoms with Gasteiger partial charge in [-0.2, -0.15) is 5.10 Å². The summed E-state index contributed by atoms with van der Waals surface area (Å²) in [6, 6.07) is 5.05. The van der Waals surface area contributed by atoms with Gasteiger partial charge in [0.25, 0.3) is 5.91 Å². The van der Waals surface area contributed by atoms with Crippen LogP contribution in [-0.4, -0.2) is 45.9 Å². The molecule has 1 saturated heterocycles. The molecule has 2 aromatic rings. The summed E-state index contributed by atoms with van der Waals surface area (Å²) in [5.74, 6) is -1.27. The zero-order chi connectivity index (χ0) is 13.4. The van der Waals surface area contributed by atoms with Gasteiger partial charge in [-0.3, -0.25) is 24.8 Å². The third kappa shape index (κ3) is 2.05. The average Bonchev–Trinajstić information content (AvgIpc) is 2.83. The maximum atomic E-state index is 12.2. The number of aromatic amines is 1. The molecular formula is C12H10N4O3. The molecule has 0 bridgehead atoms. The smallest absolute Gasteiger partial charge is 0.254 e. The molecule has 1 aliphatic rings. The van der Waals surface area contributed by atoms with Gasteiger partial charge < -0.3 is 4.90 Å². The summed E-state index contributed by atoms with van der Waals surface area (Å²) in [7, 11) is 0. The molecule has 7 nitrogen and oxygen atoms in total. The topological polar surface area (TPSA) is 95.2 Å². The number of rotatable bonds is 1. The normalized spacial score (nSPS) is 15.7. The molecule has 1 aliphatic heterocycles. The second-order valence-electron chi connectivity index (χ2n) is 4.30. The standard InChI is InChI=1S/C12H10N4O3/c17-10-5-16(6-11(18)14-10)12(19)7-1-2-9-8(3-7)4-13-15-9/h1-4H,5-6H2,(H,13,15)(H,14,17,18). The van der Waals surface area contributed by atoms with E-state index in [0.29, 0.717) is 5.56 Å². The highest BCUT2D eigenvalue weighted by Gasteiger charge is 2.27. The molecule has 0 radical (unpaired) electrons. The predicted molar refractivity (Wildman–Crippen MR) is 65.1 cm³/mol. The summed E-state index contributed by atoms with van der Waals surface area (Å²) < 4.78 is 0. The molecule has 7 heteroatoms. The van der Waals surface area contributed by atoms with Crippen molar-refractivity contribution in [2.75, 3.05) is 13.1 Å². The maximum Gasteiger partial charge on any atom is 0.254 e. The molecule has 1 aromatic heterocycles. The molecule has 2 N–H and O–H groups in total. The summed E-state index contributed by atoms with van der Waals surface area (Å²) in [4.78, 5) is 35.9. The molecule has 3 amide bonds. The maximum absolute atomic E-state index is 12.2. The number of fused-ring (bicyclic) bond motifs is 1. The molecule has 2 heterocycles. The predicted octanol–water partition coefficient (Wildman–Crippen LogP) is -0.338. The zero-order valence-electron chi connectivity index (χ0n) is 9.84. The quantitative estimate of drug-likeness (QED) is 0.684. The van der Waals surface area contributed by atoms with Gasteiger partial charge in [0.15, 0.2) is 0 Å². The Bertz CT molecular complexity index is 675. The van der Waals surface area contributed by atoms with Gasteiger partial charge in [-0.05, 0) is 18.2 Å². The Balaban J connectivity index is 1.90. The number of nitrogens with one attached hydrogen (secondary N) is 2. The number of imide groups is 1. The molecule has 0 unspecified atom stereocenters. The first kappa shape index (κ1) is 11.4. The first-order valence-corrected chi connectivity index (χ1v) is 5.68. The fourth-order valence-corrected chi connectivity index (χ4v) is 2.04. The van der Waals surface area contributed by atoms with Gasteiger partial charge in [-0.15, -0.1) is 0 Å². The van der Waals surface area contributed by atoms with E-state index in [1.807, 2.05) is 0 Å². The Morgan fingerprint density at radius 3 is 2.68 bits per heavy atom. The van der Waals surface area contributed by atoms with Gasteiger partial charge in [0.1, 0.15) is 13.1 Å². The van der Waals surface area contributed by atoms with Crippen LogP contribution in [0.1, 0.15) is 10.4 Å². The Morgan fingerprint density at radius 2 is 1.95 bits per heavy atom. The van der Waals surface area contributed by atoms with Crippen LogP contribution in [0.25, 0.3) is 10.9 Å². The lowest BCUT2D eigenvalue weighted by molar-refractivity contribution is -0.135. The van der Waals surface area contributed by atoms with Crippen LogP contribution in [0.5, 0.6) is 0 Å². The van der Waals surface area contributed by atoms with Crippen molar-refractivity contribution in [1.82, 2.24) is 20.4 Å². The fourth-order valence-electron chi connectivity index (χ4n) is 2.04. The molecule has 19 heavy (non-hydrogen) atoms. The number of carbonyl (C=O) groups is 3. The van der Waals surface area contributed by atoms with E-state index in [4.69, 9.17) is 0 Å². The lowest BCUT2D eigenvalue weighted by Gasteiger charge is -2.25. The molecule has 0 spiro atoms. The van der Waals surface area contributed by atoms with E-state index in [1.54, 1.807) is 24.4 Å². The number of hydrogen-bond donors (Lipinski definition) is 2. The highest BCUT2D eigenvalue weighted by atomic mass is 16.2. The van der Waals surface area contributed by atoms with E-state index < -0.39 is 11.8 Å². The van der Waals surface area contributed by atoms with Crippen LogP contribution in [0.15, 0.2) is 24.4 Å². The second kappa shape index (κ2) is 4.20. The van der Waals surface area contributed by atoms with Crippen LogP contribution in [0.3, 0.4) is 0 Å². The third-order valence-electron chi connectivity index (χ3n) is 2.92. The number of piperazine rings is 1. The van der Waals surface area contributed by atoms with Crippen molar-refractivity contribution >= 4 is 28.6 Å². The molecular weight excluding hydrogens is 248 g/mol. The van der Waals surface area contributed by atoms with E-state index >= 15 is 0 Å². The van der Waals surface area contributed by atoms with Gasteiger partial charge >= 0.3 is 0 Å². The molecule has 1 fully saturated rings. The lowest BCUT2D eigenvalue weighted by atomic mass is 10.1. The summed E-state index contributed by atoms with van der Waals surface area (Å²) >= 11 is 0. The first-order valence-electron chi connectivity index (χ1n) is 5.68. The van der Waals surface area contributed by atoms with Crippen LogP contribution < -0.4 is 5.32 Å². The third-order valence-corrected chi connectivity index (χ3v) is 2.92. The van der Waals surface area contributed by atoms with Crippen molar-refractivity contribution in [3.8, 4) is 0 Å². The van der Waals surface area contributed by atoms with Gasteiger partial charge in [0, 0.05) is 10.9 Å². The highest BCUT2D eigenvalue weighted by molar-refractivity contribution is 6.06. The largest absolute Gasteiger partial charge is 0.320 e. The van der Waals surface area contributed by atoms with E-state index in [2.05, 4.69) is 15.5 Å². The minimum Gasteiger partial charge on any atom is -0.320 e. The highest BCUT2D eigenvalue weighted by Crippen LogP contribution is 2.15. The molecule has 0 aliphatic carbocycles. The van der Waals surface area contributed by atoms with Gasteiger partial charge in [0.05, 0.1) is 11.7 Å². The van der Waals surface area contributed by atoms with Crippen molar-refractivity contribution < 1.29 is 14.4 Å². The monoisotopic (exact) mass is 258 g/mol. The summed E-state index contributed by atoms with van der Waals surface area (Å²) in [5.41, 5.74) is 1.25. The van der Waals surface area contributed by atoms with Crippen molar-refractivity contribution in [3.63, 3.8) is 0 Å². The Kier molecular flexibility index (Phi) is 2.52. The molecule has 0 saturated carbocycles. The van der Waals surface area contributed by atoms with Gasteiger partial charge in [-0.1, -0.05) is 0 Å². The molecule has 96 valence electrons. The van der Waals surface area contributed by atoms with Crippen molar-refractivity contribution in [2.45, 2.75) is 0 Å². The molecule has 3 rings (SSSR count). The van der Waals surface area contributed by atoms with Crippen LogP contribution in [0, 0.1) is 0 Å². The number of benzene rings is 1. The minimum atomic E-state index is -0.464. The number of aromatic nitrogens is 2. The van der Waals surface area contributed by atoms with E-state index in [1.165, 1.54) is 4.90 Å². The van der Waals surface area contributed by atoms with Gasteiger partial charge in [-0.25, -0.2) is 0 Å². The SMILES string of the molecule is O=C1CN(C(=O)c2ccc3[nH]ncc3c2)CC(=O)N1. The van der Waals surface area contributed by atoms with Crippen molar-refractivity contribution in [2.24, 2.45) is 0 Å². The van der Waals surface area contributed by atoms with Gasteiger partial charge in [0.2, 0.25) is 11.8 Å². The Morgan fingerprint density at radius 1 is 1.21 bits per heavy atom. The summed E-state index contributed by atoms with van der Waals surface area (Å²) in [6.45, 7) is -0.206. The summed E-state index contributed by atoms with van der Waals surface area (Å²) in [5, 5.41) is 9.62. The van der Waals surface area contributed by atoms with E-state index in [9.17, 15) is 14.4 Å². The Hall–Kier alpha value is -2.70. The van der Waals surface area contributed by atoms with Crippen molar-refractivity contribution in [1.29, 1.82) is 0 Å². The first-order chi connectivity index (χ1) is 9.13. The lowest BCUT2D eigenvalue weighted by Crippen LogP contribution is -2.53. The molecule has 1 aromatic carbocycles. The minimum absolute atomic E-state index is 0.103. The number of H-pyrrole nitrogens is 1. The van der Waals surface area contributed by atoms with Crippen molar-refractivity contribution in [3.05, 3.63) is 30.0 Å². The summed E-state index contributed by atoms with van der Waals surface area (Å²) in [6.07, 6.45) is 1.61. The second-order valence-corrected chi connectivity index (χ2v) is 4.30. The number of hydrogen-bond acceptors (Lipinski definition) is 4. The number of nitrogens with zero attached hydrogens (tertiary/aromatic N) is 2. The van der Waals surface area contributed by atoms with Crippen LogP contribution in [0.2, 0.25) is 0 Å². The number of amides is 3. The Labute approximate surface area is 107 Å². The van der Waals surface area contributed by atoms with Crippen LogP contribution >= 0.6 is 0 Å². The van der Waals surface area contributed by atoms with E-state index in [0.717, 1.165) is 10.9 Å². The fraction of sp³-hybridized carbons (Fsp3) is 0.167.